The number of nitrogens with one attached hydrogen (secondary N) is 1. The molecule has 4 nitrogen and oxygen atoms in total. The van der Waals surface area contributed by atoms with Gasteiger partial charge >= 0.3 is 6.18 Å². The second kappa shape index (κ2) is 7.09. The molecule has 0 bridgehead atoms. The van der Waals surface area contributed by atoms with Gasteiger partial charge < -0.3 is 10.2 Å². The van der Waals surface area contributed by atoms with E-state index in [0.29, 0.717) is 6.54 Å². The van der Waals surface area contributed by atoms with Crippen LogP contribution in [-0.4, -0.2) is 42.0 Å². The second-order valence-corrected chi connectivity index (χ2v) is 7.96. The maximum Gasteiger partial charge on any atom is 0.408 e. The van der Waals surface area contributed by atoms with Gasteiger partial charge in [0.2, 0.25) is 11.8 Å². The Labute approximate surface area is 135 Å². The summed E-state index contributed by atoms with van der Waals surface area (Å²) in [4.78, 5) is 25.6. The monoisotopic (exact) mass is 336 g/mol. The van der Waals surface area contributed by atoms with E-state index < -0.39 is 29.5 Å². The van der Waals surface area contributed by atoms with Gasteiger partial charge in [0.25, 0.3) is 0 Å². The zero-order chi connectivity index (χ0) is 18.0. The molecule has 2 amide bonds. The highest BCUT2D eigenvalue weighted by molar-refractivity contribution is 5.89. The Balaban J connectivity index is 2.71. The van der Waals surface area contributed by atoms with Gasteiger partial charge in [-0.2, -0.15) is 13.2 Å². The molecule has 0 aliphatic carbocycles. The van der Waals surface area contributed by atoms with Gasteiger partial charge in [0.15, 0.2) is 0 Å². The molecule has 23 heavy (non-hydrogen) atoms. The highest BCUT2D eigenvalue weighted by atomic mass is 19.4. The molecule has 0 saturated carbocycles. The van der Waals surface area contributed by atoms with Crippen LogP contribution < -0.4 is 5.32 Å². The zero-order valence-electron chi connectivity index (χ0n) is 14.5. The van der Waals surface area contributed by atoms with Crippen LogP contribution in [0.25, 0.3) is 0 Å². The Morgan fingerprint density at radius 2 is 1.87 bits per heavy atom. The first kappa shape index (κ1) is 19.8. The number of hydrogen-bond acceptors (Lipinski definition) is 2. The molecule has 1 rings (SSSR count). The molecular formula is C16H27F3N2O2. The maximum absolute atomic E-state index is 13.1. The lowest BCUT2D eigenvalue weighted by Crippen LogP contribution is -2.49. The van der Waals surface area contributed by atoms with E-state index in [1.165, 1.54) is 0 Å². The van der Waals surface area contributed by atoms with E-state index in [4.69, 9.17) is 0 Å². The number of nitrogens with zero attached hydrogens (tertiary/aromatic N) is 1. The lowest BCUT2D eigenvalue weighted by Gasteiger charge is -2.29. The lowest BCUT2D eigenvalue weighted by atomic mass is 9.87. The number of rotatable bonds is 5. The molecule has 1 aliphatic heterocycles. The fraction of sp³-hybridized carbons (Fsp3) is 0.875. The summed E-state index contributed by atoms with van der Waals surface area (Å²) in [5.74, 6) is -1.30. The molecule has 2 unspecified atom stereocenters. The smallest absolute Gasteiger partial charge is 0.344 e. The Morgan fingerprint density at radius 1 is 1.30 bits per heavy atom. The number of amides is 2. The third kappa shape index (κ3) is 6.39. The Hall–Kier alpha value is -1.27. The number of halogens is 3. The average Bonchev–Trinajstić information content (AvgIpc) is 2.66. The molecule has 0 aromatic heterocycles. The molecule has 0 aromatic rings. The average molecular weight is 336 g/mol. The first-order chi connectivity index (χ1) is 10.3. The molecule has 134 valence electrons. The van der Waals surface area contributed by atoms with Crippen LogP contribution >= 0.6 is 0 Å². The van der Waals surface area contributed by atoms with E-state index in [1.54, 1.807) is 25.7 Å². The molecule has 2 atom stereocenters. The van der Waals surface area contributed by atoms with Crippen molar-refractivity contribution in [1.29, 1.82) is 0 Å². The summed E-state index contributed by atoms with van der Waals surface area (Å²) in [5.41, 5.74) is -0.567. The highest BCUT2D eigenvalue weighted by Crippen LogP contribution is 2.31. The minimum Gasteiger partial charge on any atom is -0.344 e. The largest absolute Gasteiger partial charge is 0.408 e. The second-order valence-electron chi connectivity index (χ2n) is 7.96. The van der Waals surface area contributed by atoms with Crippen molar-refractivity contribution in [2.24, 2.45) is 17.3 Å². The predicted molar refractivity (Wildman–Crippen MR) is 81.6 cm³/mol. The van der Waals surface area contributed by atoms with Crippen molar-refractivity contribution >= 4 is 11.8 Å². The van der Waals surface area contributed by atoms with Crippen molar-refractivity contribution in [3.63, 3.8) is 0 Å². The Morgan fingerprint density at radius 3 is 2.30 bits per heavy atom. The van der Waals surface area contributed by atoms with Gasteiger partial charge in [0.1, 0.15) is 6.04 Å². The van der Waals surface area contributed by atoms with E-state index in [9.17, 15) is 22.8 Å². The van der Waals surface area contributed by atoms with E-state index in [2.05, 4.69) is 5.32 Å². The van der Waals surface area contributed by atoms with Crippen LogP contribution in [0, 0.1) is 17.3 Å². The number of alkyl halides is 3. The summed E-state index contributed by atoms with van der Waals surface area (Å²) in [5, 5.41) is 2.11. The number of carbonyl (C=O) groups excluding carboxylic acids is 2. The Kier molecular flexibility index (Phi) is 6.10. The van der Waals surface area contributed by atoms with Gasteiger partial charge in [-0.15, -0.1) is 0 Å². The van der Waals surface area contributed by atoms with Crippen molar-refractivity contribution in [2.45, 2.75) is 59.7 Å². The van der Waals surface area contributed by atoms with Crippen LogP contribution in [0.5, 0.6) is 0 Å². The first-order valence-electron chi connectivity index (χ1n) is 7.94. The molecule has 0 aromatic carbocycles. The molecule has 7 heteroatoms. The fourth-order valence-corrected chi connectivity index (χ4v) is 2.72. The number of likely N-dealkylation sites (tertiary alicyclic amines) is 1. The summed E-state index contributed by atoms with van der Waals surface area (Å²) in [7, 11) is 0. The molecule has 1 aliphatic rings. The van der Waals surface area contributed by atoms with Gasteiger partial charge in [-0.1, -0.05) is 34.6 Å². The van der Waals surface area contributed by atoms with Crippen LogP contribution in [0.15, 0.2) is 0 Å². The molecule has 1 fully saturated rings. The Bertz CT molecular complexity index is 442. The van der Waals surface area contributed by atoms with Crippen LogP contribution in [0.2, 0.25) is 0 Å². The van der Waals surface area contributed by atoms with Crippen molar-refractivity contribution in [1.82, 2.24) is 10.2 Å². The van der Waals surface area contributed by atoms with Crippen LogP contribution in [0.1, 0.15) is 47.5 Å². The predicted octanol–water partition coefficient (Wildman–Crippen LogP) is 2.97. The van der Waals surface area contributed by atoms with Gasteiger partial charge in [-0.05, 0) is 17.8 Å². The van der Waals surface area contributed by atoms with Gasteiger partial charge in [-0.25, -0.2) is 0 Å². The quantitative estimate of drug-likeness (QED) is 0.839. The van der Waals surface area contributed by atoms with Crippen LogP contribution in [0.3, 0.4) is 0 Å². The minimum absolute atomic E-state index is 0.0152. The first-order valence-corrected chi connectivity index (χ1v) is 7.94. The molecule has 1 N–H and O–H groups in total. The molecule has 1 heterocycles. The van der Waals surface area contributed by atoms with Gasteiger partial charge in [0, 0.05) is 19.5 Å². The summed E-state index contributed by atoms with van der Waals surface area (Å²) in [6.45, 7) is 9.70. The van der Waals surface area contributed by atoms with Crippen molar-refractivity contribution in [2.75, 3.05) is 13.1 Å². The molecule has 1 saturated heterocycles. The topological polar surface area (TPSA) is 49.4 Å². The molecule has 0 radical (unpaired) electrons. The van der Waals surface area contributed by atoms with Crippen molar-refractivity contribution < 1.29 is 22.8 Å². The standard InChI is InChI=1S/C16H27F3N2O2/c1-10(2)8-21-9-11(6-13(21)22)14(23)20-12(16(17,18)19)7-15(3,4)5/h10-12H,6-9H2,1-5H3,(H,20,23). The number of hydrogen-bond donors (Lipinski definition) is 1. The molecular weight excluding hydrogens is 309 g/mol. The lowest BCUT2D eigenvalue weighted by molar-refractivity contribution is -0.168. The number of carbonyl (C=O) groups is 2. The SMILES string of the molecule is CC(C)CN1CC(C(=O)NC(CC(C)(C)C)C(F)(F)F)CC1=O. The minimum atomic E-state index is -4.50. The van der Waals surface area contributed by atoms with Gasteiger partial charge in [-0.3, -0.25) is 9.59 Å². The fourth-order valence-electron chi connectivity index (χ4n) is 2.72. The highest BCUT2D eigenvalue weighted by Gasteiger charge is 2.44. The molecule has 0 spiro atoms. The van der Waals surface area contributed by atoms with Crippen molar-refractivity contribution in [3.8, 4) is 0 Å². The van der Waals surface area contributed by atoms with E-state index in [-0.39, 0.29) is 31.2 Å². The van der Waals surface area contributed by atoms with E-state index >= 15 is 0 Å². The zero-order valence-corrected chi connectivity index (χ0v) is 14.5. The van der Waals surface area contributed by atoms with Crippen LogP contribution in [0.4, 0.5) is 13.2 Å². The normalized spacial score (nSPS) is 21.0. The third-order valence-electron chi connectivity index (χ3n) is 3.70. The summed E-state index contributed by atoms with van der Waals surface area (Å²) >= 11 is 0. The van der Waals surface area contributed by atoms with E-state index in [0.717, 1.165) is 0 Å². The maximum atomic E-state index is 13.1. The van der Waals surface area contributed by atoms with Crippen LogP contribution in [-0.2, 0) is 9.59 Å². The summed E-state index contributed by atoms with van der Waals surface area (Å²) in [6, 6.07) is -1.88. The summed E-state index contributed by atoms with van der Waals surface area (Å²) < 4.78 is 39.4. The van der Waals surface area contributed by atoms with E-state index in [1.807, 2.05) is 13.8 Å². The third-order valence-corrected chi connectivity index (χ3v) is 3.70. The van der Waals surface area contributed by atoms with Gasteiger partial charge in [0.05, 0.1) is 5.92 Å². The van der Waals surface area contributed by atoms with Crippen molar-refractivity contribution in [3.05, 3.63) is 0 Å². The summed E-state index contributed by atoms with van der Waals surface area (Å²) in [6.07, 6.45) is -4.71.